The summed E-state index contributed by atoms with van der Waals surface area (Å²) in [5.74, 6) is 0. The molecule has 3 aromatic carbocycles. The van der Waals surface area contributed by atoms with Gasteiger partial charge < -0.3 is 5.11 Å². The van der Waals surface area contributed by atoms with E-state index in [4.69, 9.17) is 11.6 Å². The Morgan fingerprint density at radius 1 is 0.833 bits per heavy atom. The fourth-order valence-corrected chi connectivity index (χ4v) is 4.67. The van der Waals surface area contributed by atoms with Gasteiger partial charge in [0.1, 0.15) is 0 Å². The second-order valence-corrected chi connectivity index (χ2v) is 8.93. The molecule has 30 heavy (non-hydrogen) atoms. The van der Waals surface area contributed by atoms with Crippen LogP contribution in [-0.2, 0) is 0 Å². The molecular weight excluding hydrogens is 390 g/mol. The fraction of sp³-hybridized carbons (Fsp3) is 0.481. The van der Waals surface area contributed by atoms with E-state index in [0.717, 1.165) is 45.2 Å². The average Bonchev–Trinajstić information content (AvgIpc) is 2.77. The SMILES string of the molecule is CCCCCN(CCCCC)[C@H](C)[C@H](O)c1ccc2cc(Cl)c3ccccc3c2c1. The van der Waals surface area contributed by atoms with Crippen LogP contribution in [0.3, 0.4) is 0 Å². The van der Waals surface area contributed by atoms with Crippen molar-refractivity contribution < 1.29 is 5.11 Å². The van der Waals surface area contributed by atoms with Crippen LogP contribution in [0.2, 0.25) is 5.02 Å². The Hall–Kier alpha value is -1.61. The molecule has 0 aliphatic heterocycles. The van der Waals surface area contributed by atoms with Crippen molar-refractivity contribution in [3.05, 3.63) is 59.1 Å². The second-order valence-electron chi connectivity index (χ2n) is 8.52. The number of benzene rings is 3. The third kappa shape index (κ3) is 5.35. The Morgan fingerprint density at radius 2 is 1.47 bits per heavy atom. The van der Waals surface area contributed by atoms with Crippen LogP contribution in [0.5, 0.6) is 0 Å². The van der Waals surface area contributed by atoms with Gasteiger partial charge in [-0.1, -0.05) is 87.5 Å². The van der Waals surface area contributed by atoms with Gasteiger partial charge in [-0.05, 0) is 66.7 Å². The van der Waals surface area contributed by atoms with E-state index >= 15 is 0 Å². The van der Waals surface area contributed by atoms with Crippen LogP contribution < -0.4 is 0 Å². The first-order valence-corrected chi connectivity index (χ1v) is 12.0. The highest BCUT2D eigenvalue weighted by Crippen LogP contribution is 2.34. The van der Waals surface area contributed by atoms with Crippen LogP contribution in [-0.4, -0.2) is 29.1 Å². The number of rotatable bonds is 11. The first-order chi connectivity index (χ1) is 14.6. The number of nitrogens with zero attached hydrogens (tertiary/aromatic N) is 1. The minimum Gasteiger partial charge on any atom is -0.387 e. The average molecular weight is 426 g/mol. The topological polar surface area (TPSA) is 23.5 Å². The maximum Gasteiger partial charge on any atom is 0.0942 e. The number of unbranched alkanes of at least 4 members (excludes halogenated alkanes) is 4. The molecule has 0 fully saturated rings. The summed E-state index contributed by atoms with van der Waals surface area (Å²) in [6.45, 7) is 8.77. The molecule has 0 saturated carbocycles. The lowest BCUT2D eigenvalue weighted by atomic mass is 9.95. The van der Waals surface area contributed by atoms with Crippen LogP contribution in [0.15, 0.2) is 48.5 Å². The van der Waals surface area contributed by atoms with E-state index < -0.39 is 6.10 Å². The van der Waals surface area contributed by atoms with Gasteiger partial charge in [0, 0.05) is 16.5 Å². The van der Waals surface area contributed by atoms with Crippen LogP contribution >= 0.6 is 11.6 Å². The van der Waals surface area contributed by atoms with Gasteiger partial charge in [0.05, 0.1) is 6.10 Å². The summed E-state index contributed by atoms with van der Waals surface area (Å²) in [5.41, 5.74) is 0.985. The van der Waals surface area contributed by atoms with Crippen molar-refractivity contribution in [2.75, 3.05) is 13.1 Å². The number of hydrogen-bond donors (Lipinski definition) is 1. The quantitative estimate of drug-likeness (QED) is 0.250. The molecule has 0 spiro atoms. The molecule has 3 aromatic rings. The van der Waals surface area contributed by atoms with E-state index in [0.29, 0.717) is 0 Å². The number of aliphatic hydroxyl groups is 1. The van der Waals surface area contributed by atoms with Crippen molar-refractivity contribution in [2.24, 2.45) is 0 Å². The molecule has 0 bridgehead atoms. The van der Waals surface area contributed by atoms with Crippen molar-refractivity contribution in [3.8, 4) is 0 Å². The molecule has 0 unspecified atom stereocenters. The normalized spacial score (nSPS) is 13.9. The molecule has 0 aliphatic rings. The van der Waals surface area contributed by atoms with Crippen LogP contribution in [0.4, 0.5) is 0 Å². The van der Waals surface area contributed by atoms with E-state index in [1.165, 1.54) is 38.5 Å². The first kappa shape index (κ1) is 23.1. The minimum absolute atomic E-state index is 0.0923. The Bertz CT molecular complexity index is 944. The van der Waals surface area contributed by atoms with Crippen LogP contribution in [0.25, 0.3) is 21.5 Å². The van der Waals surface area contributed by atoms with Gasteiger partial charge in [-0.25, -0.2) is 0 Å². The summed E-state index contributed by atoms with van der Waals surface area (Å²) in [5, 5.41) is 16.5. The van der Waals surface area contributed by atoms with Crippen LogP contribution in [0.1, 0.15) is 71.0 Å². The Balaban J connectivity index is 1.88. The zero-order valence-corrected chi connectivity index (χ0v) is 19.5. The number of fused-ring (bicyclic) bond motifs is 3. The summed E-state index contributed by atoms with van der Waals surface area (Å²) in [7, 11) is 0. The Kier molecular flexibility index (Phi) is 8.56. The van der Waals surface area contributed by atoms with E-state index in [1.54, 1.807) is 0 Å². The van der Waals surface area contributed by atoms with Gasteiger partial charge in [-0.15, -0.1) is 0 Å². The molecule has 0 radical (unpaired) electrons. The van der Waals surface area contributed by atoms with Crippen molar-refractivity contribution in [1.82, 2.24) is 4.90 Å². The molecule has 2 nitrogen and oxygen atoms in total. The highest BCUT2D eigenvalue weighted by atomic mass is 35.5. The predicted molar refractivity (Wildman–Crippen MR) is 132 cm³/mol. The maximum absolute atomic E-state index is 11.3. The van der Waals surface area contributed by atoms with E-state index in [-0.39, 0.29) is 6.04 Å². The van der Waals surface area contributed by atoms with Crippen molar-refractivity contribution in [1.29, 1.82) is 0 Å². The lowest BCUT2D eigenvalue weighted by Gasteiger charge is -2.33. The molecular formula is C27H36ClNO. The van der Waals surface area contributed by atoms with Crippen molar-refractivity contribution >= 4 is 33.1 Å². The highest BCUT2D eigenvalue weighted by molar-refractivity contribution is 6.37. The molecule has 3 rings (SSSR count). The van der Waals surface area contributed by atoms with Crippen molar-refractivity contribution in [2.45, 2.75) is 71.4 Å². The largest absolute Gasteiger partial charge is 0.387 e. The summed E-state index contributed by atoms with van der Waals surface area (Å²) >= 11 is 6.50. The highest BCUT2D eigenvalue weighted by Gasteiger charge is 2.23. The second kappa shape index (κ2) is 11.1. The monoisotopic (exact) mass is 425 g/mol. The molecule has 0 amide bonds. The molecule has 3 heteroatoms. The smallest absolute Gasteiger partial charge is 0.0942 e. The molecule has 0 heterocycles. The van der Waals surface area contributed by atoms with E-state index in [2.05, 4.69) is 56.0 Å². The summed E-state index contributed by atoms with van der Waals surface area (Å²) in [6.07, 6.45) is 6.82. The van der Waals surface area contributed by atoms with Gasteiger partial charge in [0.15, 0.2) is 0 Å². The molecule has 1 N–H and O–H groups in total. The standard InChI is InChI=1S/C27H36ClNO/c1-4-6-10-16-29(17-11-7-5-2)20(3)27(30)22-15-14-21-19-26(28)24-13-9-8-12-23(24)25(21)18-22/h8-9,12-15,18-20,27,30H,4-7,10-11,16-17H2,1-3H3/t20-,27+/m1/s1. The minimum atomic E-state index is -0.507. The number of aliphatic hydroxyl groups excluding tert-OH is 1. The summed E-state index contributed by atoms with van der Waals surface area (Å²) in [6, 6.07) is 16.7. The Morgan fingerprint density at radius 3 is 2.10 bits per heavy atom. The van der Waals surface area contributed by atoms with E-state index in [9.17, 15) is 5.11 Å². The van der Waals surface area contributed by atoms with E-state index in [1.807, 2.05) is 18.2 Å². The predicted octanol–water partition coefficient (Wildman–Crippen LogP) is 7.75. The van der Waals surface area contributed by atoms with Crippen molar-refractivity contribution in [3.63, 3.8) is 0 Å². The molecule has 0 saturated heterocycles. The van der Waals surface area contributed by atoms with Gasteiger partial charge in [-0.2, -0.15) is 0 Å². The lowest BCUT2D eigenvalue weighted by molar-refractivity contribution is 0.0556. The summed E-state index contributed by atoms with van der Waals surface area (Å²) in [4.78, 5) is 2.49. The zero-order valence-electron chi connectivity index (χ0n) is 18.7. The van der Waals surface area contributed by atoms with Gasteiger partial charge in [0.2, 0.25) is 0 Å². The first-order valence-electron chi connectivity index (χ1n) is 11.6. The summed E-state index contributed by atoms with van der Waals surface area (Å²) < 4.78 is 0. The van der Waals surface area contributed by atoms with Gasteiger partial charge in [0.25, 0.3) is 0 Å². The fourth-order valence-electron chi connectivity index (χ4n) is 4.38. The lowest BCUT2D eigenvalue weighted by Crippen LogP contribution is -2.39. The molecule has 0 aromatic heterocycles. The van der Waals surface area contributed by atoms with Crippen LogP contribution in [0, 0.1) is 0 Å². The number of halogens is 1. The molecule has 0 aliphatic carbocycles. The van der Waals surface area contributed by atoms with Gasteiger partial charge >= 0.3 is 0 Å². The van der Waals surface area contributed by atoms with Gasteiger partial charge in [-0.3, -0.25) is 4.90 Å². The zero-order chi connectivity index (χ0) is 21.5. The Labute approximate surface area is 186 Å². The molecule has 2 atom stereocenters. The number of hydrogen-bond acceptors (Lipinski definition) is 2. The third-order valence-electron chi connectivity index (χ3n) is 6.31. The third-order valence-corrected chi connectivity index (χ3v) is 6.62. The molecule has 162 valence electrons. The maximum atomic E-state index is 11.3.